The van der Waals surface area contributed by atoms with Crippen molar-refractivity contribution in [1.29, 1.82) is 0 Å². The number of aliphatic hydroxyl groups is 1. The Hall–Kier alpha value is -2.71. The highest BCUT2D eigenvalue weighted by Crippen LogP contribution is 2.70. The van der Waals surface area contributed by atoms with Crippen LogP contribution >= 0.6 is 0 Å². The van der Waals surface area contributed by atoms with Gasteiger partial charge in [-0.25, -0.2) is 0 Å². The van der Waals surface area contributed by atoms with E-state index in [1.165, 1.54) is 6.92 Å². The third-order valence-corrected chi connectivity index (χ3v) is 9.46. The molecule has 0 amide bonds. The van der Waals surface area contributed by atoms with E-state index in [0.717, 1.165) is 27.8 Å². The first kappa shape index (κ1) is 25.9. The van der Waals surface area contributed by atoms with Crippen molar-refractivity contribution in [3.05, 3.63) is 68.6 Å². The lowest BCUT2D eigenvalue weighted by molar-refractivity contribution is -0.362. The molecule has 0 radical (unpaired) electrons. The minimum absolute atomic E-state index is 0.0393. The lowest BCUT2D eigenvalue weighted by Gasteiger charge is -2.56. The maximum Gasteiger partial charge on any atom is 0.456 e. The molecule has 2 saturated carbocycles. The Morgan fingerprint density at radius 3 is 2.46 bits per heavy atom. The van der Waals surface area contributed by atoms with Gasteiger partial charge in [-0.1, -0.05) is 41.9 Å². The Labute approximate surface area is 211 Å². The molecule has 0 heterocycles. The minimum atomic E-state index is -5.87. The summed E-state index contributed by atoms with van der Waals surface area (Å²) in [6.07, 6.45) is -2.87. The molecule has 4 aliphatic rings. The predicted molar refractivity (Wildman–Crippen MR) is 126 cm³/mol. The predicted octanol–water partition coefficient (Wildman–Crippen LogP) is 7.33. The first-order valence-corrected chi connectivity index (χ1v) is 12.6. The van der Waals surface area contributed by atoms with Crippen LogP contribution in [0, 0.1) is 17.3 Å². The van der Waals surface area contributed by atoms with Crippen LogP contribution in [0.25, 0.3) is 10.4 Å². The Morgan fingerprint density at radius 2 is 1.81 bits per heavy atom. The molecule has 0 saturated heterocycles. The average molecular weight is 522 g/mol. The highest BCUT2D eigenvalue weighted by molar-refractivity contribution is 5.93. The Kier molecular flexibility index (Phi) is 6.07. The van der Waals surface area contributed by atoms with Crippen LogP contribution in [0.5, 0.6) is 0 Å². The van der Waals surface area contributed by atoms with Crippen LogP contribution in [0.15, 0.2) is 52.2 Å². The molecule has 198 valence electrons. The van der Waals surface area contributed by atoms with Gasteiger partial charge in [-0.2, -0.15) is 22.0 Å². The Bertz CT molecular complexity index is 1230. The molecular weight excluding hydrogens is 493 g/mol. The molecule has 0 unspecified atom stereocenters. The normalized spacial score (nSPS) is 33.8. The van der Waals surface area contributed by atoms with E-state index in [2.05, 4.69) is 10.0 Å². The van der Waals surface area contributed by atoms with E-state index in [4.69, 9.17) is 5.53 Å². The third-order valence-electron chi connectivity index (χ3n) is 9.46. The second-order valence-corrected chi connectivity index (χ2v) is 11.1. The first-order valence-electron chi connectivity index (χ1n) is 12.6. The summed E-state index contributed by atoms with van der Waals surface area (Å²) in [5.74, 6) is -6.50. The second kappa shape index (κ2) is 8.67. The van der Waals surface area contributed by atoms with E-state index in [0.29, 0.717) is 25.7 Å². The number of nitrogens with zero attached hydrogens (tertiary/aromatic N) is 3. The van der Waals surface area contributed by atoms with Gasteiger partial charge in [-0.05, 0) is 84.2 Å². The van der Waals surface area contributed by atoms with Gasteiger partial charge in [0.25, 0.3) is 0 Å². The molecule has 0 aromatic heterocycles. The summed E-state index contributed by atoms with van der Waals surface area (Å²) in [7, 11) is 0. The summed E-state index contributed by atoms with van der Waals surface area (Å²) in [4.78, 5) is 14.9. The number of ketones is 1. The van der Waals surface area contributed by atoms with Crippen molar-refractivity contribution >= 4 is 5.78 Å². The number of carbonyl (C=O) groups excluding carboxylic acids is 1. The fourth-order valence-electron chi connectivity index (χ4n) is 7.68. The van der Waals surface area contributed by atoms with Crippen molar-refractivity contribution in [2.75, 3.05) is 0 Å². The molecule has 1 aromatic carbocycles. The number of halogens is 5. The van der Waals surface area contributed by atoms with Crippen molar-refractivity contribution in [2.45, 2.75) is 82.0 Å². The largest absolute Gasteiger partial charge is 0.456 e. The van der Waals surface area contributed by atoms with Crippen LogP contribution in [0.3, 0.4) is 0 Å². The minimum Gasteiger partial charge on any atom is -0.383 e. The number of rotatable bonds is 4. The molecule has 5 rings (SSSR count). The SMILES string of the molecule is C[C@]12C[C@H](c3ccc(CN=[N+]=[N-])cc3)C3=C4CCC(=O)C=C4CC[C@H]3[C@@H]1CC[C@@]2(O)C(F)(F)C(F)(F)F. The molecule has 2 fully saturated rings. The number of fused-ring (bicyclic) bond motifs is 4. The van der Waals surface area contributed by atoms with Crippen LogP contribution in [-0.4, -0.2) is 28.6 Å². The zero-order chi connectivity index (χ0) is 26.8. The van der Waals surface area contributed by atoms with E-state index in [9.17, 15) is 31.9 Å². The summed E-state index contributed by atoms with van der Waals surface area (Å²) in [5.41, 5.74) is 8.16. The van der Waals surface area contributed by atoms with Crippen molar-refractivity contribution in [2.24, 2.45) is 22.4 Å². The first-order chi connectivity index (χ1) is 17.3. The van der Waals surface area contributed by atoms with Crippen molar-refractivity contribution < 1.29 is 31.9 Å². The molecule has 5 atom stereocenters. The Morgan fingerprint density at radius 1 is 1.11 bits per heavy atom. The summed E-state index contributed by atoms with van der Waals surface area (Å²) in [6, 6.07) is 7.10. The number of azide groups is 1. The number of carbonyl (C=O) groups is 1. The lowest BCUT2D eigenvalue weighted by Crippen LogP contribution is -2.65. The number of alkyl halides is 5. The topological polar surface area (TPSA) is 86.1 Å². The van der Waals surface area contributed by atoms with Crippen LogP contribution < -0.4 is 0 Å². The van der Waals surface area contributed by atoms with Crippen LogP contribution in [0.2, 0.25) is 0 Å². The average Bonchev–Trinajstić information content (AvgIpc) is 3.13. The molecule has 4 aliphatic carbocycles. The maximum absolute atomic E-state index is 15.0. The fraction of sp³-hybridized carbons (Fsp3) is 0.593. The fourth-order valence-corrected chi connectivity index (χ4v) is 7.68. The number of benzene rings is 1. The van der Waals surface area contributed by atoms with Gasteiger partial charge in [0.1, 0.15) is 5.60 Å². The van der Waals surface area contributed by atoms with Crippen LogP contribution in [0.4, 0.5) is 22.0 Å². The lowest BCUT2D eigenvalue weighted by atomic mass is 9.50. The molecule has 0 spiro atoms. The van der Waals surface area contributed by atoms with Gasteiger partial charge in [-0.15, -0.1) is 0 Å². The van der Waals surface area contributed by atoms with Gasteiger partial charge in [0, 0.05) is 22.7 Å². The monoisotopic (exact) mass is 521 g/mol. The summed E-state index contributed by atoms with van der Waals surface area (Å²) < 4.78 is 70.9. The third kappa shape index (κ3) is 3.75. The zero-order valence-electron chi connectivity index (χ0n) is 20.4. The van der Waals surface area contributed by atoms with Gasteiger partial charge in [0.15, 0.2) is 5.78 Å². The van der Waals surface area contributed by atoms with Crippen LogP contribution in [-0.2, 0) is 11.3 Å². The molecule has 37 heavy (non-hydrogen) atoms. The highest BCUT2D eigenvalue weighted by Gasteiger charge is 2.79. The van der Waals surface area contributed by atoms with Gasteiger partial charge in [-0.3, -0.25) is 4.79 Å². The summed E-state index contributed by atoms with van der Waals surface area (Å²) >= 11 is 0. The van der Waals surface area contributed by atoms with Crippen LogP contribution in [0.1, 0.15) is 68.9 Å². The van der Waals surface area contributed by atoms with E-state index in [-0.39, 0.29) is 31.1 Å². The van der Waals surface area contributed by atoms with E-state index in [1.807, 2.05) is 0 Å². The van der Waals surface area contributed by atoms with Crippen molar-refractivity contribution in [3.63, 3.8) is 0 Å². The summed E-state index contributed by atoms with van der Waals surface area (Å²) in [5, 5.41) is 14.8. The highest BCUT2D eigenvalue weighted by atomic mass is 19.4. The Balaban J connectivity index is 1.66. The maximum atomic E-state index is 15.0. The summed E-state index contributed by atoms with van der Waals surface area (Å²) in [6.45, 7) is 1.54. The van der Waals surface area contributed by atoms with Gasteiger partial charge in [0.2, 0.25) is 0 Å². The van der Waals surface area contributed by atoms with E-state index >= 15 is 0 Å². The number of allylic oxidation sites excluding steroid dienone is 4. The molecule has 0 aliphatic heterocycles. The molecular formula is C27H28F5N3O2. The number of hydrogen-bond donors (Lipinski definition) is 1. The molecule has 0 bridgehead atoms. The number of hydrogen-bond acceptors (Lipinski definition) is 3. The van der Waals surface area contributed by atoms with Gasteiger partial charge in [0.05, 0.1) is 6.54 Å². The molecule has 10 heteroatoms. The van der Waals surface area contributed by atoms with Crippen molar-refractivity contribution in [1.82, 2.24) is 0 Å². The van der Waals surface area contributed by atoms with E-state index < -0.39 is 41.4 Å². The van der Waals surface area contributed by atoms with Gasteiger partial charge >= 0.3 is 12.1 Å². The molecule has 1 aromatic rings. The second-order valence-electron chi connectivity index (χ2n) is 11.1. The molecule has 5 nitrogen and oxygen atoms in total. The van der Waals surface area contributed by atoms with Crippen molar-refractivity contribution in [3.8, 4) is 0 Å². The van der Waals surface area contributed by atoms with E-state index in [1.54, 1.807) is 30.3 Å². The zero-order valence-corrected chi connectivity index (χ0v) is 20.4. The smallest absolute Gasteiger partial charge is 0.383 e. The molecule has 1 N–H and O–H groups in total. The quantitative estimate of drug-likeness (QED) is 0.195. The standard InChI is InChI=1S/C27H28F5N3O2/c1-24-13-21(16-4-2-15(3-5-16)14-34-35-33)23-19-9-7-18(36)12-17(19)6-8-20(23)22(24)10-11-25(24,37)26(28,29)27(30,31)32/h2-5,12,20-22,37H,6-11,13-14H2,1H3/t20-,21+,22-,24-,25-/m0/s1. The van der Waals surface area contributed by atoms with Gasteiger partial charge < -0.3 is 5.11 Å².